The second kappa shape index (κ2) is 21.4. The quantitative estimate of drug-likeness (QED) is 0.0589. The largest absolute Gasteiger partial charge is 0.394 e. The molecule has 1 saturated heterocycles. The molecule has 2 aromatic heterocycles. The van der Waals surface area contributed by atoms with Gasteiger partial charge in [-0.1, -0.05) is 36.3 Å². The molecule has 0 bridgehead atoms. The number of hydrogen-bond acceptors (Lipinski definition) is 13. The van der Waals surface area contributed by atoms with Crippen LogP contribution in [-0.2, 0) is 23.7 Å². The van der Waals surface area contributed by atoms with Crippen molar-refractivity contribution in [3.63, 3.8) is 0 Å². The Labute approximate surface area is 285 Å². The molecule has 3 unspecified atom stereocenters. The zero-order valence-corrected chi connectivity index (χ0v) is 28.5. The molecule has 0 spiro atoms. The van der Waals surface area contributed by atoms with E-state index < -0.39 is 5.79 Å². The fourth-order valence-corrected chi connectivity index (χ4v) is 5.48. The van der Waals surface area contributed by atoms with Gasteiger partial charge in [0.1, 0.15) is 12.4 Å². The van der Waals surface area contributed by atoms with E-state index in [-0.39, 0.29) is 30.3 Å². The van der Waals surface area contributed by atoms with Gasteiger partial charge in [-0.15, -0.1) is 6.42 Å². The summed E-state index contributed by atoms with van der Waals surface area (Å²) in [6.45, 7) is 6.53. The van der Waals surface area contributed by atoms with Crippen molar-refractivity contribution >= 4 is 40.2 Å². The van der Waals surface area contributed by atoms with Gasteiger partial charge in [0.2, 0.25) is 5.28 Å². The van der Waals surface area contributed by atoms with E-state index in [1.165, 1.54) is 13.8 Å². The molecule has 3 atom stereocenters. The Kier molecular flexibility index (Phi) is 17.7. The highest BCUT2D eigenvalue weighted by molar-refractivity contribution is 7.99. The molecule has 260 valence electrons. The maximum Gasteiger partial charge on any atom is 0.226 e. The third-order valence-corrected chi connectivity index (χ3v) is 7.65. The third kappa shape index (κ3) is 15.0. The molecule has 4 rings (SSSR count). The SMILES string of the molecule is C#CCOCCOCCOCCOCCSCC(Nc1nc(Cl)nc2c1cnn2C1CCC(CO)O1)c1ccccc1.CC(C)(O)O. The molecule has 0 amide bonds. The maximum atomic E-state index is 9.46. The molecule has 1 aromatic carbocycles. The topological polar surface area (TPSA) is 162 Å². The van der Waals surface area contributed by atoms with E-state index in [1.54, 1.807) is 22.6 Å². The van der Waals surface area contributed by atoms with Gasteiger partial charge >= 0.3 is 0 Å². The van der Waals surface area contributed by atoms with Crippen LogP contribution in [0.1, 0.15) is 44.5 Å². The van der Waals surface area contributed by atoms with E-state index in [9.17, 15) is 5.11 Å². The molecule has 13 nitrogen and oxygen atoms in total. The van der Waals surface area contributed by atoms with Gasteiger partial charge in [-0.05, 0) is 43.9 Å². The summed E-state index contributed by atoms with van der Waals surface area (Å²) in [5.74, 6) is 3.13. The van der Waals surface area contributed by atoms with Crippen molar-refractivity contribution in [3.05, 3.63) is 47.4 Å². The lowest BCUT2D eigenvalue weighted by Gasteiger charge is -2.20. The Balaban J connectivity index is 0.00000111. The van der Waals surface area contributed by atoms with Gasteiger partial charge < -0.3 is 44.3 Å². The molecule has 3 heterocycles. The summed E-state index contributed by atoms with van der Waals surface area (Å²) in [5.41, 5.74) is 1.72. The highest BCUT2D eigenvalue weighted by Gasteiger charge is 2.29. The van der Waals surface area contributed by atoms with Crippen LogP contribution in [0.25, 0.3) is 11.0 Å². The van der Waals surface area contributed by atoms with Gasteiger partial charge in [0.25, 0.3) is 0 Å². The van der Waals surface area contributed by atoms with E-state index in [0.717, 1.165) is 35.3 Å². The Morgan fingerprint density at radius 2 is 1.68 bits per heavy atom. The molecule has 4 N–H and O–H groups in total. The standard InChI is InChI=1S/C29H38ClN5O6S.C3H8O2/c1-2-10-37-11-12-38-13-14-39-15-16-40-17-18-42-21-25(22-6-4-3-5-7-22)32-27-24-19-31-35(28(24)34-29(30)33-27)26-9-8-23(20-36)41-26;1-3(2,4)5/h1,3-7,19,23,25-26,36H,8-18,20-21H2,(H,32,33,34);4-5H,1-2H3. The molecule has 0 aliphatic carbocycles. The molecule has 3 aromatic rings. The summed E-state index contributed by atoms with van der Waals surface area (Å²) < 4.78 is 29.4. The number of fused-ring (bicyclic) bond motifs is 1. The second-order valence-electron chi connectivity index (χ2n) is 10.9. The fourth-order valence-electron chi connectivity index (χ4n) is 4.40. The number of hydrogen-bond donors (Lipinski definition) is 4. The van der Waals surface area contributed by atoms with E-state index >= 15 is 0 Å². The van der Waals surface area contributed by atoms with Crippen LogP contribution in [0.5, 0.6) is 0 Å². The van der Waals surface area contributed by atoms with Crippen LogP contribution in [-0.4, -0.2) is 118 Å². The third-order valence-electron chi connectivity index (χ3n) is 6.46. The van der Waals surface area contributed by atoms with Crippen molar-refractivity contribution in [3.8, 4) is 12.3 Å². The van der Waals surface area contributed by atoms with Gasteiger partial charge in [0.15, 0.2) is 17.7 Å². The lowest BCUT2D eigenvalue weighted by Crippen LogP contribution is -2.17. The van der Waals surface area contributed by atoms with Crippen LogP contribution < -0.4 is 5.32 Å². The first-order valence-electron chi connectivity index (χ1n) is 15.4. The number of thioether (sulfide) groups is 1. The Morgan fingerprint density at radius 1 is 1.04 bits per heavy atom. The number of terminal acetylenes is 1. The number of nitrogens with zero attached hydrogens (tertiary/aromatic N) is 4. The predicted molar refractivity (Wildman–Crippen MR) is 181 cm³/mol. The second-order valence-corrected chi connectivity index (χ2v) is 12.4. The van der Waals surface area contributed by atoms with Crippen molar-refractivity contribution in [2.75, 3.05) is 76.3 Å². The lowest BCUT2D eigenvalue weighted by atomic mass is 10.1. The van der Waals surface area contributed by atoms with Crippen LogP contribution in [0.2, 0.25) is 5.28 Å². The Bertz CT molecular complexity index is 1330. The molecule has 15 heteroatoms. The van der Waals surface area contributed by atoms with Gasteiger partial charge in [-0.25, -0.2) is 4.68 Å². The first-order chi connectivity index (χ1) is 22.7. The number of benzene rings is 1. The first kappa shape index (κ1) is 38.9. The normalized spacial score (nSPS) is 16.9. The first-order valence-corrected chi connectivity index (χ1v) is 17.0. The van der Waals surface area contributed by atoms with Crippen LogP contribution in [0.15, 0.2) is 36.5 Å². The summed E-state index contributed by atoms with van der Waals surface area (Å²) in [7, 11) is 0. The monoisotopic (exact) mass is 695 g/mol. The number of halogens is 1. The van der Waals surface area contributed by atoms with E-state index in [0.29, 0.717) is 64.3 Å². The highest BCUT2D eigenvalue weighted by Crippen LogP contribution is 2.33. The average Bonchev–Trinajstić information content (AvgIpc) is 3.69. The molecule has 1 fully saturated rings. The molecular weight excluding hydrogens is 650 g/mol. The predicted octanol–water partition coefficient (Wildman–Crippen LogP) is 3.44. The van der Waals surface area contributed by atoms with Gasteiger partial charge in [-0.2, -0.15) is 26.8 Å². The van der Waals surface area contributed by atoms with Crippen LogP contribution in [0, 0.1) is 12.3 Å². The molecular formula is C32H46ClN5O8S. The summed E-state index contributed by atoms with van der Waals surface area (Å²) in [6, 6.07) is 10.2. The van der Waals surface area contributed by atoms with Crippen molar-refractivity contribution < 1.29 is 39.0 Å². The van der Waals surface area contributed by atoms with E-state index in [2.05, 4.69) is 38.4 Å². The number of nitrogens with one attached hydrogen (secondary N) is 1. The van der Waals surface area contributed by atoms with Crippen LogP contribution >= 0.6 is 23.4 Å². The summed E-state index contributed by atoms with van der Waals surface area (Å²) in [4.78, 5) is 8.94. The summed E-state index contributed by atoms with van der Waals surface area (Å²) in [5, 5.41) is 34.6. The van der Waals surface area contributed by atoms with Crippen molar-refractivity contribution in [1.29, 1.82) is 0 Å². The van der Waals surface area contributed by atoms with E-state index in [1.807, 2.05) is 18.2 Å². The van der Waals surface area contributed by atoms with Crippen LogP contribution in [0.3, 0.4) is 0 Å². The van der Waals surface area contributed by atoms with Gasteiger partial charge in [0.05, 0.1) is 76.6 Å². The zero-order valence-electron chi connectivity index (χ0n) is 26.9. The Hall–Kier alpha value is -2.55. The fraction of sp³-hybridized carbons (Fsp3) is 0.594. The minimum Gasteiger partial charge on any atom is -0.394 e. The zero-order chi connectivity index (χ0) is 33.9. The number of anilines is 1. The molecule has 1 aliphatic rings. The molecule has 0 saturated carbocycles. The van der Waals surface area contributed by atoms with Crippen molar-refractivity contribution in [2.45, 2.75) is 50.8 Å². The van der Waals surface area contributed by atoms with Crippen LogP contribution in [0.4, 0.5) is 5.82 Å². The number of ether oxygens (including phenoxy) is 5. The van der Waals surface area contributed by atoms with E-state index in [4.69, 9.17) is 51.9 Å². The minimum absolute atomic E-state index is 0.0194. The molecule has 1 aliphatic heterocycles. The minimum atomic E-state index is -1.50. The van der Waals surface area contributed by atoms with Crippen molar-refractivity contribution in [1.82, 2.24) is 19.7 Å². The van der Waals surface area contributed by atoms with Gasteiger partial charge in [0, 0.05) is 11.5 Å². The molecule has 0 radical (unpaired) electrons. The lowest BCUT2D eigenvalue weighted by molar-refractivity contribution is -0.127. The number of aromatic nitrogens is 4. The Morgan fingerprint density at radius 3 is 2.30 bits per heavy atom. The average molecular weight is 696 g/mol. The number of rotatable bonds is 20. The van der Waals surface area contributed by atoms with Crippen molar-refractivity contribution in [2.24, 2.45) is 0 Å². The maximum absolute atomic E-state index is 9.46. The summed E-state index contributed by atoms with van der Waals surface area (Å²) >= 11 is 8.14. The smallest absolute Gasteiger partial charge is 0.226 e. The summed E-state index contributed by atoms with van der Waals surface area (Å²) in [6.07, 6.45) is 7.84. The van der Waals surface area contributed by atoms with Gasteiger partial charge in [-0.3, -0.25) is 0 Å². The number of aliphatic hydroxyl groups excluding tert-OH is 1. The molecule has 47 heavy (non-hydrogen) atoms. The highest BCUT2D eigenvalue weighted by atomic mass is 35.5. The number of aliphatic hydroxyl groups is 3.